The molecule has 5 nitrogen and oxygen atoms in total. The summed E-state index contributed by atoms with van der Waals surface area (Å²) in [4.78, 5) is 14.1. The van der Waals surface area contributed by atoms with Crippen molar-refractivity contribution in [3.05, 3.63) is 59.1 Å². The number of methoxy groups -OCH3 is 1. The van der Waals surface area contributed by atoms with Crippen LogP contribution in [0.2, 0.25) is 5.02 Å². The highest BCUT2D eigenvalue weighted by atomic mass is 35.5. The van der Waals surface area contributed by atoms with Gasteiger partial charge >= 0.3 is 6.03 Å². The number of hydrogen-bond acceptors (Lipinski definition) is 3. The van der Waals surface area contributed by atoms with Crippen LogP contribution in [0.1, 0.15) is 11.6 Å². The van der Waals surface area contributed by atoms with Crippen LogP contribution in [-0.2, 0) is 0 Å². The van der Waals surface area contributed by atoms with Crippen LogP contribution in [0, 0.1) is 0 Å². The second kappa shape index (κ2) is 8.57. The van der Waals surface area contributed by atoms with Gasteiger partial charge in [0.25, 0.3) is 0 Å². The highest BCUT2D eigenvalue weighted by Crippen LogP contribution is 2.22. The first-order chi connectivity index (χ1) is 11.5. The zero-order valence-corrected chi connectivity index (χ0v) is 14.8. The highest BCUT2D eigenvalue weighted by molar-refractivity contribution is 6.30. The van der Waals surface area contributed by atoms with Crippen molar-refractivity contribution < 1.29 is 9.53 Å². The van der Waals surface area contributed by atoms with E-state index in [-0.39, 0.29) is 12.1 Å². The lowest BCUT2D eigenvalue weighted by molar-refractivity contribution is 0.243. The van der Waals surface area contributed by atoms with Crippen LogP contribution in [0.4, 0.5) is 10.5 Å². The van der Waals surface area contributed by atoms with Crippen LogP contribution in [0.3, 0.4) is 0 Å². The van der Waals surface area contributed by atoms with Gasteiger partial charge in [0.15, 0.2) is 0 Å². The second-order valence-electron chi connectivity index (χ2n) is 5.60. The quantitative estimate of drug-likeness (QED) is 0.836. The number of amides is 2. The summed E-state index contributed by atoms with van der Waals surface area (Å²) in [6.07, 6.45) is 0. The normalized spacial score (nSPS) is 11.9. The fraction of sp³-hybridized carbons (Fsp3) is 0.278. The lowest BCUT2D eigenvalue weighted by atomic mass is 10.1. The van der Waals surface area contributed by atoms with Gasteiger partial charge in [0, 0.05) is 17.3 Å². The van der Waals surface area contributed by atoms with Gasteiger partial charge in [-0.25, -0.2) is 4.79 Å². The van der Waals surface area contributed by atoms with E-state index < -0.39 is 0 Å². The number of halogens is 1. The fourth-order valence-corrected chi connectivity index (χ4v) is 2.47. The van der Waals surface area contributed by atoms with E-state index in [0.29, 0.717) is 17.3 Å². The number of hydrogen-bond donors (Lipinski definition) is 2. The molecule has 0 saturated heterocycles. The van der Waals surface area contributed by atoms with Crippen LogP contribution in [0.25, 0.3) is 0 Å². The zero-order valence-electron chi connectivity index (χ0n) is 14.0. The predicted molar refractivity (Wildman–Crippen MR) is 97.9 cm³/mol. The molecule has 0 saturated carbocycles. The molecule has 0 fully saturated rings. The first-order valence-electron chi connectivity index (χ1n) is 7.60. The Labute approximate surface area is 147 Å². The lowest BCUT2D eigenvalue weighted by Gasteiger charge is -2.25. The van der Waals surface area contributed by atoms with Crippen molar-refractivity contribution in [3.8, 4) is 5.75 Å². The smallest absolute Gasteiger partial charge is 0.319 e. The van der Waals surface area contributed by atoms with Gasteiger partial charge in [0.05, 0.1) is 13.2 Å². The topological polar surface area (TPSA) is 53.6 Å². The Morgan fingerprint density at radius 3 is 2.54 bits per heavy atom. The number of ether oxygens (including phenoxy) is 1. The van der Waals surface area contributed by atoms with Crippen LogP contribution in [0.5, 0.6) is 5.75 Å². The Balaban J connectivity index is 1.98. The number of rotatable bonds is 6. The third kappa shape index (κ3) is 5.15. The molecule has 0 heterocycles. The molecule has 0 unspecified atom stereocenters. The molecule has 2 N–H and O–H groups in total. The first-order valence-corrected chi connectivity index (χ1v) is 7.98. The van der Waals surface area contributed by atoms with Gasteiger partial charge in [-0.1, -0.05) is 23.7 Å². The summed E-state index contributed by atoms with van der Waals surface area (Å²) in [7, 11) is 5.59. The molecule has 2 rings (SSSR count). The minimum atomic E-state index is -0.257. The van der Waals surface area contributed by atoms with Crippen molar-refractivity contribution in [1.82, 2.24) is 10.2 Å². The molecule has 2 aromatic rings. The molecule has 0 aliphatic carbocycles. The number of carbonyl (C=O) groups excluding carboxylic acids is 1. The second-order valence-corrected chi connectivity index (χ2v) is 6.03. The summed E-state index contributed by atoms with van der Waals surface area (Å²) >= 11 is 5.83. The summed E-state index contributed by atoms with van der Waals surface area (Å²) in [5.74, 6) is 0.796. The molecule has 6 heteroatoms. The summed E-state index contributed by atoms with van der Waals surface area (Å²) in [6.45, 7) is 0.472. The maximum absolute atomic E-state index is 12.1. The molecular formula is C18H22ClN3O2. The van der Waals surface area contributed by atoms with E-state index in [4.69, 9.17) is 16.3 Å². The Morgan fingerprint density at radius 1 is 1.21 bits per heavy atom. The Bertz CT molecular complexity index is 674. The van der Waals surface area contributed by atoms with Crippen LogP contribution >= 0.6 is 11.6 Å². The van der Waals surface area contributed by atoms with Crippen LogP contribution in [0.15, 0.2) is 48.5 Å². The Morgan fingerprint density at radius 2 is 1.92 bits per heavy atom. The molecule has 0 radical (unpaired) electrons. The van der Waals surface area contributed by atoms with Crippen molar-refractivity contribution in [2.45, 2.75) is 6.04 Å². The molecule has 0 aliphatic rings. The van der Waals surface area contributed by atoms with Gasteiger partial charge in [0.1, 0.15) is 5.75 Å². The van der Waals surface area contributed by atoms with E-state index in [2.05, 4.69) is 15.5 Å². The predicted octanol–water partition coefficient (Wildman–Crippen LogP) is 3.77. The monoisotopic (exact) mass is 347 g/mol. The van der Waals surface area contributed by atoms with Gasteiger partial charge in [-0.05, 0) is 56.1 Å². The number of nitrogens with zero attached hydrogens (tertiary/aromatic N) is 1. The standard InChI is InChI=1S/C18H22ClN3O2/c1-22(2)17(13-5-4-6-16(11-13)24-3)12-20-18(23)21-15-9-7-14(19)8-10-15/h4-11,17H,12H2,1-3H3,(H2,20,21,23)/t17-/m1/s1. The summed E-state index contributed by atoms with van der Waals surface area (Å²) in [5.41, 5.74) is 1.77. The number of carbonyl (C=O) groups is 1. The van der Waals surface area contributed by atoms with E-state index in [1.54, 1.807) is 31.4 Å². The Kier molecular flexibility index (Phi) is 6.46. The van der Waals surface area contributed by atoms with Crippen molar-refractivity contribution >= 4 is 23.3 Å². The van der Waals surface area contributed by atoms with Gasteiger partial charge < -0.3 is 20.3 Å². The molecular weight excluding hydrogens is 326 g/mol. The SMILES string of the molecule is COc1cccc([C@@H](CNC(=O)Nc2ccc(Cl)cc2)N(C)C)c1. The highest BCUT2D eigenvalue weighted by Gasteiger charge is 2.16. The molecule has 0 aromatic heterocycles. The average Bonchev–Trinajstić information content (AvgIpc) is 2.57. The third-order valence-corrected chi connectivity index (χ3v) is 3.91. The molecule has 0 bridgehead atoms. The van der Waals surface area contributed by atoms with Gasteiger partial charge in [-0.3, -0.25) is 0 Å². The maximum atomic E-state index is 12.1. The van der Waals surface area contributed by atoms with Crippen molar-refractivity contribution in [3.63, 3.8) is 0 Å². The molecule has 1 atom stereocenters. The lowest BCUT2D eigenvalue weighted by Crippen LogP contribution is -2.36. The van der Waals surface area contributed by atoms with E-state index in [9.17, 15) is 4.79 Å². The number of nitrogens with one attached hydrogen (secondary N) is 2. The molecule has 0 spiro atoms. The van der Waals surface area contributed by atoms with Crippen molar-refractivity contribution in [1.29, 1.82) is 0 Å². The minimum Gasteiger partial charge on any atom is -0.497 e. The van der Waals surface area contributed by atoms with Crippen LogP contribution in [-0.4, -0.2) is 38.7 Å². The first kappa shape index (κ1) is 18.1. The van der Waals surface area contributed by atoms with Gasteiger partial charge in [-0.15, -0.1) is 0 Å². The number of benzene rings is 2. The molecule has 128 valence electrons. The van der Waals surface area contributed by atoms with Crippen molar-refractivity contribution in [2.75, 3.05) is 33.1 Å². The fourth-order valence-electron chi connectivity index (χ4n) is 2.35. The number of anilines is 1. The molecule has 0 aliphatic heterocycles. The molecule has 2 aromatic carbocycles. The minimum absolute atomic E-state index is 0.0380. The van der Waals surface area contributed by atoms with E-state index in [1.165, 1.54) is 0 Å². The largest absolute Gasteiger partial charge is 0.497 e. The summed E-state index contributed by atoms with van der Waals surface area (Å²) < 4.78 is 5.27. The summed E-state index contributed by atoms with van der Waals surface area (Å²) in [5, 5.41) is 6.31. The van der Waals surface area contributed by atoms with Crippen LogP contribution < -0.4 is 15.4 Å². The average molecular weight is 348 g/mol. The third-order valence-electron chi connectivity index (χ3n) is 3.66. The Hall–Kier alpha value is -2.24. The summed E-state index contributed by atoms with van der Waals surface area (Å²) in [6, 6.07) is 14.6. The number of urea groups is 1. The molecule has 24 heavy (non-hydrogen) atoms. The van der Waals surface area contributed by atoms with E-state index in [1.807, 2.05) is 38.4 Å². The molecule has 2 amide bonds. The van der Waals surface area contributed by atoms with E-state index in [0.717, 1.165) is 11.3 Å². The zero-order chi connectivity index (χ0) is 17.5. The maximum Gasteiger partial charge on any atom is 0.319 e. The van der Waals surface area contributed by atoms with Gasteiger partial charge in [0.2, 0.25) is 0 Å². The van der Waals surface area contributed by atoms with Crippen molar-refractivity contribution in [2.24, 2.45) is 0 Å². The number of likely N-dealkylation sites (N-methyl/N-ethyl adjacent to an activating group) is 1. The van der Waals surface area contributed by atoms with Gasteiger partial charge in [-0.2, -0.15) is 0 Å². The van der Waals surface area contributed by atoms with E-state index >= 15 is 0 Å².